The normalized spacial score (nSPS) is 13.1. The van der Waals surface area contributed by atoms with Gasteiger partial charge in [0.2, 0.25) is 10.0 Å². The maximum atomic E-state index is 13.9. The van der Waals surface area contributed by atoms with Gasteiger partial charge in [0.15, 0.2) is 11.5 Å². The Labute approximate surface area is 118 Å². The van der Waals surface area contributed by atoms with Gasteiger partial charge in [-0.1, -0.05) is 6.92 Å². The van der Waals surface area contributed by atoms with E-state index in [1.165, 1.54) is 14.2 Å². The monoisotopic (exact) mass is 306 g/mol. The zero-order valence-electron chi connectivity index (χ0n) is 11.6. The first-order valence-electron chi connectivity index (χ1n) is 6.02. The Morgan fingerprint density at radius 3 is 2.35 bits per heavy atom. The van der Waals surface area contributed by atoms with Crippen LogP contribution in [0.1, 0.15) is 13.3 Å². The summed E-state index contributed by atoms with van der Waals surface area (Å²) in [6, 6.07) is 1.72. The van der Waals surface area contributed by atoms with E-state index >= 15 is 0 Å². The first-order chi connectivity index (χ1) is 9.35. The fourth-order valence-electron chi connectivity index (χ4n) is 1.48. The minimum atomic E-state index is -3.99. The van der Waals surface area contributed by atoms with E-state index in [4.69, 9.17) is 15.2 Å². The molecule has 20 heavy (non-hydrogen) atoms. The Hall–Kier alpha value is -1.38. The number of sulfonamides is 1. The van der Waals surface area contributed by atoms with Gasteiger partial charge in [-0.05, 0) is 6.42 Å². The van der Waals surface area contributed by atoms with Crippen molar-refractivity contribution in [2.45, 2.75) is 24.3 Å². The molecule has 0 saturated heterocycles. The van der Waals surface area contributed by atoms with Crippen LogP contribution in [-0.4, -0.2) is 35.2 Å². The maximum absolute atomic E-state index is 13.9. The lowest BCUT2D eigenvalue weighted by atomic mass is 10.2. The van der Waals surface area contributed by atoms with Crippen molar-refractivity contribution in [1.29, 1.82) is 0 Å². The number of halogens is 1. The van der Waals surface area contributed by atoms with E-state index in [1.807, 2.05) is 6.92 Å². The highest BCUT2D eigenvalue weighted by Gasteiger charge is 2.22. The highest BCUT2D eigenvalue weighted by atomic mass is 32.2. The van der Waals surface area contributed by atoms with Gasteiger partial charge in [-0.3, -0.25) is 0 Å². The highest BCUT2D eigenvalue weighted by molar-refractivity contribution is 7.89. The van der Waals surface area contributed by atoms with E-state index in [0.717, 1.165) is 12.1 Å². The fraction of sp³-hybridized carbons (Fsp3) is 0.500. The summed E-state index contributed by atoms with van der Waals surface area (Å²) in [7, 11) is -1.32. The molecule has 0 heterocycles. The van der Waals surface area contributed by atoms with Crippen molar-refractivity contribution in [2.24, 2.45) is 5.73 Å². The molecule has 0 radical (unpaired) electrons. The molecular weight excluding hydrogens is 287 g/mol. The standard InChI is InChI=1S/C12H19FN2O4S/c1-4-8(14)7-15-20(16,17)12-6-11(19-3)10(18-2)5-9(12)13/h5-6,8,15H,4,7,14H2,1-3H3. The number of hydrogen-bond acceptors (Lipinski definition) is 5. The molecular formula is C12H19FN2O4S. The van der Waals surface area contributed by atoms with Crippen molar-refractivity contribution in [3.05, 3.63) is 17.9 Å². The van der Waals surface area contributed by atoms with Crippen molar-refractivity contribution < 1.29 is 22.3 Å². The maximum Gasteiger partial charge on any atom is 0.243 e. The van der Waals surface area contributed by atoms with E-state index in [9.17, 15) is 12.8 Å². The number of nitrogens with two attached hydrogens (primary N) is 1. The molecule has 0 amide bonds. The van der Waals surface area contributed by atoms with Crippen LogP contribution in [0.4, 0.5) is 4.39 Å². The largest absolute Gasteiger partial charge is 0.493 e. The van der Waals surface area contributed by atoms with Crippen LogP contribution in [0.25, 0.3) is 0 Å². The quantitative estimate of drug-likeness (QED) is 0.779. The lowest BCUT2D eigenvalue weighted by Crippen LogP contribution is -2.37. The number of hydrogen-bond donors (Lipinski definition) is 2. The Bertz CT molecular complexity index is 563. The molecule has 1 aromatic rings. The topological polar surface area (TPSA) is 90.7 Å². The van der Waals surface area contributed by atoms with Gasteiger partial charge in [-0.15, -0.1) is 0 Å². The molecule has 0 spiro atoms. The molecule has 3 N–H and O–H groups in total. The third-order valence-corrected chi connectivity index (χ3v) is 4.23. The van der Waals surface area contributed by atoms with Crippen LogP contribution in [0.3, 0.4) is 0 Å². The summed E-state index contributed by atoms with van der Waals surface area (Å²) >= 11 is 0. The van der Waals surface area contributed by atoms with Gasteiger partial charge < -0.3 is 15.2 Å². The van der Waals surface area contributed by atoms with Crippen molar-refractivity contribution in [3.8, 4) is 11.5 Å². The fourth-order valence-corrected chi connectivity index (χ4v) is 2.65. The SMILES string of the molecule is CCC(N)CNS(=O)(=O)c1cc(OC)c(OC)cc1F. The zero-order valence-corrected chi connectivity index (χ0v) is 12.5. The summed E-state index contributed by atoms with van der Waals surface area (Å²) in [6.07, 6.45) is 0.608. The molecule has 0 aliphatic heterocycles. The minimum absolute atomic E-state index is 0.0343. The predicted molar refractivity (Wildman–Crippen MR) is 73.0 cm³/mol. The number of nitrogens with one attached hydrogen (secondary N) is 1. The van der Waals surface area contributed by atoms with Crippen molar-refractivity contribution in [1.82, 2.24) is 4.72 Å². The third kappa shape index (κ3) is 3.81. The average molecular weight is 306 g/mol. The van der Waals surface area contributed by atoms with Gasteiger partial charge in [0.05, 0.1) is 14.2 Å². The molecule has 114 valence electrons. The van der Waals surface area contributed by atoms with E-state index in [2.05, 4.69) is 4.72 Å². The molecule has 0 aliphatic rings. The van der Waals surface area contributed by atoms with Gasteiger partial charge >= 0.3 is 0 Å². The van der Waals surface area contributed by atoms with Gasteiger partial charge in [0.1, 0.15) is 10.7 Å². The van der Waals surface area contributed by atoms with Gasteiger partial charge in [-0.2, -0.15) is 0 Å². The lowest BCUT2D eigenvalue weighted by Gasteiger charge is -2.14. The van der Waals surface area contributed by atoms with Crippen molar-refractivity contribution in [2.75, 3.05) is 20.8 Å². The Kier molecular flexibility index (Phi) is 5.73. The van der Waals surface area contributed by atoms with Crippen LogP contribution in [0, 0.1) is 5.82 Å². The summed E-state index contributed by atoms with van der Waals surface area (Å²) in [5.74, 6) is -0.663. The van der Waals surface area contributed by atoms with Crippen LogP contribution in [0.15, 0.2) is 17.0 Å². The molecule has 0 fully saturated rings. The molecule has 1 aromatic carbocycles. The van der Waals surface area contributed by atoms with E-state index in [0.29, 0.717) is 6.42 Å². The minimum Gasteiger partial charge on any atom is -0.493 e. The van der Waals surface area contributed by atoms with Crippen molar-refractivity contribution in [3.63, 3.8) is 0 Å². The molecule has 8 heteroatoms. The smallest absolute Gasteiger partial charge is 0.243 e. The molecule has 1 rings (SSSR count). The molecule has 0 saturated carbocycles. The van der Waals surface area contributed by atoms with Crippen LogP contribution in [-0.2, 0) is 10.0 Å². The second kappa shape index (κ2) is 6.87. The van der Waals surface area contributed by atoms with Crippen LogP contribution < -0.4 is 19.9 Å². The van der Waals surface area contributed by atoms with Gasteiger partial charge in [0.25, 0.3) is 0 Å². The van der Waals surface area contributed by atoms with Crippen LogP contribution in [0.5, 0.6) is 11.5 Å². The Balaban J connectivity index is 3.12. The summed E-state index contributed by atoms with van der Waals surface area (Å²) in [5, 5.41) is 0. The number of rotatable bonds is 7. The Morgan fingerprint density at radius 2 is 1.85 bits per heavy atom. The first-order valence-corrected chi connectivity index (χ1v) is 7.50. The van der Waals surface area contributed by atoms with Crippen LogP contribution >= 0.6 is 0 Å². The van der Waals surface area contributed by atoms with Gasteiger partial charge in [0, 0.05) is 24.7 Å². The molecule has 0 aromatic heterocycles. The molecule has 0 aliphatic carbocycles. The van der Waals surface area contributed by atoms with Crippen LogP contribution in [0.2, 0.25) is 0 Å². The zero-order chi connectivity index (χ0) is 15.3. The Morgan fingerprint density at radius 1 is 1.30 bits per heavy atom. The van der Waals surface area contributed by atoms with E-state index in [1.54, 1.807) is 0 Å². The molecule has 1 unspecified atom stereocenters. The first kappa shape index (κ1) is 16.7. The van der Waals surface area contributed by atoms with Crippen molar-refractivity contribution >= 4 is 10.0 Å². The summed E-state index contributed by atoms with van der Waals surface area (Å²) in [6.45, 7) is 1.86. The second-order valence-electron chi connectivity index (χ2n) is 4.16. The van der Waals surface area contributed by atoms with E-state index in [-0.39, 0.29) is 24.1 Å². The number of methoxy groups -OCH3 is 2. The highest BCUT2D eigenvalue weighted by Crippen LogP contribution is 2.31. The van der Waals surface area contributed by atoms with E-state index < -0.39 is 20.7 Å². The van der Waals surface area contributed by atoms with Gasteiger partial charge in [-0.25, -0.2) is 17.5 Å². The number of ether oxygens (including phenoxy) is 2. The molecule has 6 nitrogen and oxygen atoms in total. The average Bonchev–Trinajstić information content (AvgIpc) is 2.44. The number of benzene rings is 1. The summed E-state index contributed by atoms with van der Waals surface area (Å²) < 4.78 is 50.1. The molecule has 0 bridgehead atoms. The summed E-state index contributed by atoms with van der Waals surface area (Å²) in [4.78, 5) is -0.501. The predicted octanol–water partition coefficient (Wildman–Crippen LogP) is 0.858. The molecule has 1 atom stereocenters. The summed E-state index contributed by atoms with van der Waals surface area (Å²) in [5.41, 5.74) is 5.63. The third-order valence-electron chi connectivity index (χ3n) is 2.79. The lowest BCUT2D eigenvalue weighted by molar-refractivity contribution is 0.350. The second-order valence-corrected chi connectivity index (χ2v) is 5.89.